The predicted octanol–water partition coefficient (Wildman–Crippen LogP) is 3.15. The summed E-state index contributed by atoms with van der Waals surface area (Å²) in [4.78, 5) is 43.4. The third-order valence-electron chi connectivity index (χ3n) is 9.47. The number of ketones is 2. The zero-order chi connectivity index (χ0) is 34.1. The molecule has 1 amide bonds. The largest absolute Gasteiger partial charge is 0.510 e. The summed E-state index contributed by atoms with van der Waals surface area (Å²) in [5.41, 5.74) is 3.45. The van der Waals surface area contributed by atoms with Crippen molar-refractivity contribution < 1.29 is 34.8 Å². The van der Waals surface area contributed by atoms with E-state index in [4.69, 9.17) is 18.0 Å². The predicted molar refractivity (Wildman–Crippen MR) is 182 cm³/mol. The smallest absolute Gasteiger partial charge is 0.255 e. The Bertz CT molecular complexity index is 1960. The normalized spacial score (nSPS) is 23.7. The number of amides is 1. The molecule has 0 saturated heterocycles. The molecule has 0 aliphatic heterocycles. The maximum atomic E-state index is 14.3. The van der Waals surface area contributed by atoms with E-state index >= 15 is 0 Å². The summed E-state index contributed by atoms with van der Waals surface area (Å²) in [6, 6.07) is 14.1. The third kappa shape index (κ3) is 4.80. The summed E-state index contributed by atoms with van der Waals surface area (Å²) in [6.07, 6.45) is 0.160. The summed E-state index contributed by atoms with van der Waals surface area (Å²) in [5.74, 6) is -7.11. The molecule has 0 spiro atoms. The highest BCUT2D eigenvalue weighted by Crippen LogP contribution is 2.54. The van der Waals surface area contributed by atoms with Crippen molar-refractivity contribution in [3.8, 4) is 5.75 Å². The van der Waals surface area contributed by atoms with E-state index in [1.807, 2.05) is 42.5 Å². The molecule has 8 N–H and O–H groups in total. The van der Waals surface area contributed by atoms with Crippen molar-refractivity contribution in [3.05, 3.63) is 82.3 Å². The van der Waals surface area contributed by atoms with Gasteiger partial charge in [0.05, 0.1) is 17.3 Å². The molecule has 244 valence electrons. The van der Waals surface area contributed by atoms with Gasteiger partial charge in [0.25, 0.3) is 5.91 Å². The van der Waals surface area contributed by atoms with E-state index in [0.717, 1.165) is 16.5 Å². The Hall–Kier alpha value is -4.98. The van der Waals surface area contributed by atoms with Crippen LogP contribution in [0.25, 0.3) is 10.8 Å². The Kier molecular flexibility index (Phi) is 7.74. The van der Waals surface area contributed by atoms with Gasteiger partial charge in [0.1, 0.15) is 17.1 Å². The van der Waals surface area contributed by atoms with Gasteiger partial charge in [0, 0.05) is 42.3 Å². The molecule has 13 heteroatoms. The molecule has 6 rings (SSSR count). The van der Waals surface area contributed by atoms with E-state index in [9.17, 15) is 34.8 Å². The number of rotatable bonds is 5. The van der Waals surface area contributed by atoms with E-state index < -0.39 is 63.8 Å². The lowest BCUT2D eigenvalue weighted by Crippen LogP contribution is -2.63. The number of allylic oxidation sites excluding steroid dienone is 1. The molecule has 3 aliphatic carbocycles. The number of nitrogens with two attached hydrogens (primary N) is 1. The summed E-state index contributed by atoms with van der Waals surface area (Å²) in [5, 5.41) is 54.2. The number of hydrogen-bond donors (Lipinski definition) is 7. The Morgan fingerprint density at radius 3 is 2.32 bits per heavy atom. The fourth-order valence-electron chi connectivity index (χ4n) is 7.40. The zero-order valence-corrected chi connectivity index (χ0v) is 27.0. The molecule has 0 unspecified atom stereocenters. The van der Waals surface area contributed by atoms with Crippen LogP contribution < -0.4 is 21.3 Å². The van der Waals surface area contributed by atoms with Crippen LogP contribution >= 0.6 is 12.2 Å². The van der Waals surface area contributed by atoms with Gasteiger partial charge in [-0.1, -0.05) is 36.4 Å². The number of phenols is 1. The first kappa shape index (κ1) is 32.0. The lowest BCUT2D eigenvalue weighted by molar-refractivity contribution is -0.148. The van der Waals surface area contributed by atoms with Crippen molar-refractivity contribution in [1.29, 1.82) is 0 Å². The number of phenolic OH excluding ortho intramolecular Hbond substituents is 1. The first-order valence-electron chi connectivity index (χ1n) is 14.9. The van der Waals surface area contributed by atoms with Crippen molar-refractivity contribution in [1.82, 2.24) is 4.90 Å². The van der Waals surface area contributed by atoms with Crippen molar-refractivity contribution in [2.45, 2.75) is 24.5 Å². The number of anilines is 3. The van der Waals surface area contributed by atoms with Crippen LogP contribution in [0.4, 0.5) is 17.1 Å². The maximum Gasteiger partial charge on any atom is 0.255 e. The number of nitrogens with one attached hydrogen (secondary N) is 2. The Morgan fingerprint density at radius 1 is 1.00 bits per heavy atom. The van der Waals surface area contributed by atoms with Gasteiger partial charge in [0.2, 0.25) is 5.78 Å². The summed E-state index contributed by atoms with van der Waals surface area (Å²) in [7, 11) is 6.74. The molecule has 12 nitrogen and oxygen atoms in total. The van der Waals surface area contributed by atoms with Gasteiger partial charge in [-0.2, -0.15) is 0 Å². The number of nitrogens with zero attached hydrogens (tertiary/aromatic N) is 2. The molecular weight excluding hydrogens is 622 g/mol. The molecule has 47 heavy (non-hydrogen) atoms. The number of primary amides is 1. The number of Topliss-reactive ketones (excluding diaryl/α,β-unsaturated/α-hetero) is 2. The number of aliphatic hydroxyl groups is 3. The standard InChI is InChI=1S/C34H35N5O7S/c1-38(2)22-14-21(37-33(47)36-20-11-7-9-15-8-5-6-10-17(15)20)27(40)24-18(22)12-16-13-19-26(39(3)4)29(42)25(32(35)45)31(44)34(19,46)30(43)23(16)28(24)41/h5-11,14,16,19,26,40,42-43,46H,12-13H2,1-4H3,(H2,35,45)(H2,36,37,47)/t16-,19-,26-,34-/m0/s1. The van der Waals surface area contributed by atoms with Crippen molar-refractivity contribution in [2.75, 3.05) is 43.7 Å². The van der Waals surface area contributed by atoms with Crippen LogP contribution in [0, 0.1) is 11.8 Å². The van der Waals surface area contributed by atoms with Gasteiger partial charge in [-0.3, -0.25) is 19.3 Å². The second-order valence-corrected chi connectivity index (χ2v) is 13.0. The number of benzene rings is 3. The van der Waals surface area contributed by atoms with Gasteiger partial charge in [-0.05, 0) is 68.2 Å². The molecule has 0 fully saturated rings. The maximum absolute atomic E-state index is 14.3. The van der Waals surface area contributed by atoms with Crippen LogP contribution in [0.5, 0.6) is 5.75 Å². The molecule has 3 aromatic rings. The fourth-order valence-corrected chi connectivity index (χ4v) is 7.62. The molecule has 4 atom stereocenters. The number of carbonyl (C=O) groups excluding carboxylic acids is 3. The number of carbonyl (C=O) groups is 3. The number of hydrogen-bond acceptors (Lipinski definition) is 10. The first-order chi connectivity index (χ1) is 22.2. The molecule has 0 aromatic heterocycles. The minimum atomic E-state index is -2.72. The van der Waals surface area contributed by atoms with Gasteiger partial charge in [-0.25, -0.2) is 0 Å². The van der Waals surface area contributed by atoms with Crippen LogP contribution in [0.3, 0.4) is 0 Å². The second kappa shape index (κ2) is 11.4. The highest BCUT2D eigenvalue weighted by molar-refractivity contribution is 7.80. The van der Waals surface area contributed by atoms with E-state index in [-0.39, 0.29) is 34.8 Å². The SMILES string of the molecule is CN(C)c1cc(NC(=S)Nc2cccc3ccccc23)c(O)c2c1C[C@H]1C[C@H]3[C@H](N(C)C)C(O)=C(C(N)=O)C(=O)[C@@]3(O)C(O)=C1C2=O. The fraction of sp³-hybridized carbons (Fsp3) is 0.294. The minimum Gasteiger partial charge on any atom is -0.510 e. The topological polar surface area (TPSA) is 189 Å². The monoisotopic (exact) mass is 657 g/mol. The first-order valence-corrected chi connectivity index (χ1v) is 15.4. The highest BCUT2D eigenvalue weighted by atomic mass is 32.1. The van der Waals surface area contributed by atoms with Gasteiger partial charge < -0.3 is 41.7 Å². The summed E-state index contributed by atoms with van der Waals surface area (Å²) >= 11 is 5.59. The van der Waals surface area contributed by atoms with E-state index in [1.54, 1.807) is 39.2 Å². The van der Waals surface area contributed by atoms with Crippen LogP contribution in [-0.4, -0.2) is 87.7 Å². The van der Waals surface area contributed by atoms with Crippen molar-refractivity contribution in [3.63, 3.8) is 0 Å². The lowest BCUT2D eigenvalue weighted by atomic mass is 9.58. The molecule has 0 radical (unpaired) electrons. The van der Waals surface area contributed by atoms with Crippen LogP contribution in [-0.2, 0) is 16.0 Å². The molecule has 3 aliphatic rings. The number of fused-ring (bicyclic) bond motifs is 4. The second-order valence-electron chi connectivity index (χ2n) is 12.6. The van der Waals surface area contributed by atoms with Gasteiger partial charge in [0.15, 0.2) is 22.2 Å². The average molecular weight is 658 g/mol. The van der Waals surface area contributed by atoms with E-state index in [0.29, 0.717) is 11.3 Å². The molecule has 0 heterocycles. The number of thiocarbonyl (C=S) groups is 1. The van der Waals surface area contributed by atoms with Crippen molar-refractivity contribution in [2.24, 2.45) is 17.6 Å². The Balaban J connectivity index is 1.43. The zero-order valence-electron chi connectivity index (χ0n) is 26.2. The van der Waals surface area contributed by atoms with E-state index in [2.05, 4.69) is 10.6 Å². The highest BCUT2D eigenvalue weighted by Gasteiger charge is 2.63. The summed E-state index contributed by atoms with van der Waals surface area (Å²) < 4.78 is 0. The molecule has 0 saturated carbocycles. The number of aromatic hydroxyl groups is 1. The van der Waals surface area contributed by atoms with Crippen LogP contribution in [0.1, 0.15) is 22.3 Å². The summed E-state index contributed by atoms with van der Waals surface area (Å²) in [6.45, 7) is 0. The molecule has 3 aromatic carbocycles. The number of likely N-dealkylation sites (N-methyl/N-ethyl adjacent to an activating group) is 1. The Labute approximate surface area is 275 Å². The minimum absolute atomic E-state index is 0.00156. The van der Waals surface area contributed by atoms with Crippen LogP contribution in [0.2, 0.25) is 0 Å². The van der Waals surface area contributed by atoms with Gasteiger partial charge in [-0.15, -0.1) is 0 Å². The third-order valence-corrected chi connectivity index (χ3v) is 9.67. The number of aliphatic hydroxyl groups excluding tert-OH is 2. The Morgan fingerprint density at radius 2 is 1.66 bits per heavy atom. The van der Waals surface area contributed by atoms with Crippen LogP contribution in [0.15, 0.2) is 71.2 Å². The van der Waals surface area contributed by atoms with Crippen molar-refractivity contribution >= 4 is 62.6 Å². The van der Waals surface area contributed by atoms with E-state index in [1.165, 1.54) is 4.90 Å². The molecule has 0 bridgehead atoms. The van der Waals surface area contributed by atoms with Gasteiger partial charge >= 0.3 is 0 Å². The lowest BCUT2D eigenvalue weighted by Gasteiger charge is -2.50. The quantitative estimate of drug-likeness (QED) is 0.121. The average Bonchev–Trinajstić information content (AvgIpc) is 3.00. The molecular formula is C34H35N5O7S.